The molecule has 1 aliphatic rings. The number of hydrogen-bond donors (Lipinski definition) is 2. The number of rotatable bonds is 3. The summed E-state index contributed by atoms with van der Waals surface area (Å²) in [6.07, 6.45) is 13.1. The summed E-state index contributed by atoms with van der Waals surface area (Å²) in [5, 5.41) is 0.670. The predicted molar refractivity (Wildman–Crippen MR) is 75.1 cm³/mol. The molecule has 0 fully saturated rings. The lowest BCUT2D eigenvalue weighted by atomic mass is 9.92. The van der Waals surface area contributed by atoms with Crippen LogP contribution >= 0.6 is 11.6 Å². The van der Waals surface area contributed by atoms with Crippen LogP contribution in [-0.2, 0) is 0 Å². The average molecular weight is 266 g/mol. The number of nitrogens with zero attached hydrogens (tertiary/aromatic N) is 1. The lowest BCUT2D eigenvalue weighted by Gasteiger charge is -2.22. The van der Waals surface area contributed by atoms with Gasteiger partial charge < -0.3 is 0 Å². The highest BCUT2D eigenvalue weighted by Gasteiger charge is 2.18. The fourth-order valence-corrected chi connectivity index (χ4v) is 2.72. The Labute approximate surface area is 113 Å². The van der Waals surface area contributed by atoms with Gasteiger partial charge in [0, 0.05) is 12.4 Å². The van der Waals surface area contributed by atoms with E-state index in [-0.39, 0.29) is 6.04 Å². The number of pyridine rings is 1. The quantitative estimate of drug-likeness (QED) is 0.499. The van der Waals surface area contributed by atoms with Crippen LogP contribution in [0.25, 0.3) is 0 Å². The zero-order valence-corrected chi connectivity index (χ0v) is 11.3. The van der Waals surface area contributed by atoms with Gasteiger partial charge in [-0.25, -0.2) is 5.43 Å². The molecule has 3 N–H and O–H groups in total. The molecule has 0 radical (unpaired) electrons. The van der Waals surface area contributed by atoms with E-state index in [0.717, 1.165) is 18.4 Å². The van der Waals surface area contributed by atoms with E-state index in [1.807, 2.05) is 6.07 Å². The van der Waals surface area contributed by atoms with Crippen molar-refractivity contribution in [2.75, 3.05) is 0 Å². The van der Waals surface area contributed by atoms with Gasteiger partial charge in [-0.3, -0.25) is 10.8 Å². The van der Waals surface area contributed by atoms with Crippen LogP contribution in [0.5, 0.6) is 0 Å². The number of halogens is 1. The van der Waals surface area contributed by atoms with Gasteiger partial charge in [-0.2, -0.15) is 0 Å². The van der Waals surface area contributed by atoms with Crippen LogP contribution in [-0.4, -0.2) is 4.98 Å². The lowest BCUT2D eigenvalue weighted by molar-refractivity contribution is 0.555. The number of nitrogens with one attached hydrogen (secondary N) is 1. The smallest absolute Gasteiger partial charge is 0.0685 e. The summed E-state index contributed by atoms with van der Waals surface area (Å²) < 4.78 is 0. The molecule has 0 aromatic carbocycles. The molecular weight excluding hydrogens is 246 g/mol. The van der Waals surface area contributed by atoms with E-state index in [0.29, 0.717) is 5.02 Å². The molecule has 1 unspecified atom stereocenters. The predicted octanol–water partition coefficient (Wildman–Crippen LogP) is 3.52. The van der Waals surface area contributed by atoms with Gasteiger partial charge in [-0.1, -0.05) is 36.1 Å². The topological polar surface area (TPSA) is 50.9 Å². The SMILES string of the molecule is NNC(/C1=C/CCCCCC1)c1ccncc1Cl. The van der Waals surface area contributed by atoms with Crippen molar-refractivity contribution in [3.05, 3.63) is 40.7 Å². The van der Waals surface area contributed by atoms with E-state index >= 15 is 0 Å². The fraction of sp³-hybridized carbons (Fsp3) is 0.500. The molecule has 0 amide bonds. The minimum absolute atomic E-state index is 0.0126. The summed E-state index contributed by atoms with van der Waals surface area (Å²) >= 11 is 6.20. The van der Waals surface area contributed by atoms with E-state index in [1.165, 1.54) is 31.3 Å². The van der Waals surface area contributed by atoms with Gasteiger partial charge in [0.15, 0.2) is 0 Å². The summed E-state index contributed by atoms with van der Waals surface area (Å²) in [5.41, 5.74) is 5.26. The summed E-state index contributed by atoms with van der Waals surface area (Å²) in [5.74, 6) is 5.72. The van der Waals surface area contributed by atoms with Gasteiger partial charge in [0.2, 0.25) is 0 Å². The van der Waals surface area contributed by atoms with Crippen LogP contribution in [0.4, 0.5) is 0 Å². The van der Waals surface area contributed by atoms with Crippen molar-refractivity contribution in [3.8, 4) is 0 Å². The summed E-state index contributed by atoms with van der Waals surface area (Å²) in [4.78, 5) is 4.02. The van der Waals surface area contributed by atoms with Gasteiger partial charge in [-0.05, 0) is 37.3 Å². The van der Waals surface area contributed by atoms with E-state index in [4.69, 9.17) is 17.4 Å². The molecule has 0 aliphatic heterocycles. The largest absolute Gasteiger partial charge is 0.271 e. The Morgan fingerprint density at radius 3 is 2.89 bits per heavy atom. The van der Waals surface area contributed by atoms with Crippen molar-refractivity contribution in [1.82, 2.24) is 10.4 Å². The lowest BCUT2D eigenvalue weighted by Crippen LogP contribution is -2.30. The molecule has 2 rings (SSSR count). The number of nitrogens with two attached hydrogens (primary N) is 1. The first-order valence-electron chi connectivity index (χ1n) is 6.57. The Morgan fingerprint density at radius 1 is 1.28 bits per heavy atom. The Balaban J connectivity index is 2.24. The second-order valence-corrected chi connectivity index (χ2v) is 5.14. The van der Waals surface area contributed by atoms with Crippen molar-refractivity contribution >= 4 is 11.6 Å². The maximum absolute atomic E-state index is 6.20. The van der Waals surface area contributed by atoms with Crippen LogP contribution < -0.4 is 11.3 Å². The molecule has 3 nitrogen and oxygen atoms in total. The number of hydrogen-bond acceptors (Lipinski definition) is 3. The monoisotopic (exact) mass is 265 g/mol. The van der Waals surface area contributed by atoms with Crippen molar-refractivity contribution in [3.63, 3.8) is 0 Å². The summed E-state index contributed by atoms with van der Waals surface area (Å²) in [6, 6.07) is 1.95. The van der Waals surface area contributed by atoms with E-state index < -0.39 is 0 Å². The molecule has 4 heteroatoms. The van der Waals surface area contributed by atoms with Crippen molar-refractivity contribution in [2.45, 2.75) is 44.6 Å². The highest BCUT2D eigenvalue weighted by molar-refractivity contribution is 6.31. The molecule has 1 aromatic heterocycles. The maximum Gasteiger partial charge on any atom is 0.0685 e. The van der Waals surface area contributed by atoms with Gasteiger partial charge in [0.1, 0.15) is 0 Å². The summed E-state index contributed by atoms with van der Waals surface area (Å²) in [6.45, 7) is 0. The van der Waals surface area contributed by atoms with Crippen LogP contribution in [0.15, 0.2) is 30.1 Å². The standard InChI is InChI=1S/C14H20ClN3/c15-13-10-17-9-8-12(13)14(18-16)11-6-4-2-1-3-5-7-11/h6,8-10,14,18H,1-5,7,16H2/b11-6+. The molecule has 1 aliphatic carbocycles. The van der Waals surface area contributed by atoms with Crippen molar-refractivity contribution < 1.29 is 0 Å². The van der Waals surface area contributed by atoms with E-state index in [9.17, 15) is 0 Å². The molecule has 0 spiro atoms. The molecule has 0 saturated carbocycles. The Bertz CT molecular complexity index is 417. The van der Waals surface area contributed by atoms with E-state index in [1.54, 1.807) is 12.4 Å². The third kappa shape index (κ3) is 3.31. The van der Waals surface area contributed by atoms with Gasteiger partial charge in [-0.15, -0.1) is 0 Å². The second kappa shape index (κ2) is 6.88. The molecule has 1 aromatic rings. The van der Waals surface area contributed by atoms with Crippen LogP contribution in [0.3, 0.4) is 0 Å². The molecule has 1 atom stereocenters. The zero-order chi connectivity index (χ0) is 12.8. The third-order valence-electron chi connectivity index (χ3n) is 3.48. The molecule has 1 heterocycles. The van der Waals surface area contributed by atoms with Gasteiger partial charge in [0.25, 0.3) is 0 Å². The molecular formula is C14H20ClN3. The highest BCUT2D eigenvalue weighted by Crippen LogP contribution is 2.31. The first-order chi connectivity index (χ1) is 8.83. The Morgan fingerprint density at radius 2 is 2.11 bits per heavy atom. The summed E-state index contributed by atoms with van der Waals surface area (Å²) in [7, 11) is 0. The van der Waals surface area contributed by atoms with Crippen LogP contribution in [0.2, 0.25) is 5.02 Å². The van der Waals surface area contributed by atoms with Crippen LogP contribution in [0, 0.1) is 0 Å². The number of allylic oxidation sites excluding steroid dienone is 1. The molecule has 98 valence electrons. The Hall–Kier alpha value is -0.900. The van der Waals surface area contributed by atoms with Crippen molar-refractivity contribution in [2.24, 2.45) is 5.84 Å². The molecule has 0 saturated heterocycles. The second-order valence-electron chi connectivity index (χ2n) is 4.73. The minimum atomic E-state index is 0.0126. The highest BCUT2D eigenvalue weighted by atomic mass is 35.5. The zero-order valence-electron chi connectivity index (χ0n) is 10.5. The van der Waals surface area contributed by atoms with E-state index in [2.05, 4.69) is 16.5 Å². The number of aromatic nitrogens is 1. The first kappa shape index (κ1) is 13.5. The third-order valence-corrected chi connectivity index (χ3v) is 3.79. The van der Waals surface area contributed by atoms with Gasteiger partial charge in [0.05, 0.1) is 11.1 Å². The number of hydrazine groups is 1. The fourth-order valence-electron chi connectivity index (χ4n) is 2.50. The van der Waals surface area contributed by atoms with Crippen molar-refractivity contribution in [1.29, 1.82) is 0 Å². The minimum Gasteiger partial charge on any atom is -0.271 e. The Kier molecular flexibility index (Phi) is 5.17. The maximum atomic E-state index is 6.20. The molecule has 18 heavy (non-hydrogen) atoms. The first-order valence-corrected chi connectivity index (χ1v) is 6.95. The van der Waals surface area contributed by atoms with Crippen LogP contribution in [0.1, 0.15) is 50.1 Å². The molecule has 0 bridgehead atoms. The van der Waals surface area contributed by atoms with Gasteiger partial charge >= 0.3 is 0 Å². The normalized spacial score (nSPS) is 21.6. The average Bonchev–Trinajstić information content (AvgIpc) is 2.34.